The van der Waals surface area contributed by atoms with Gasteiger partial charge in [0.1, 0.15) is 72.6 Å². The molecule has 2 aromatic heterocycles. The molecule has 0 spiro atoms. The fraction of sp³-hybridized carbons (Fsp3) is 0.476. The van der Waals surface area contributed by atoms with Gasteiger partial charge in [-0.3, -0.25) is 96.1 Å². The number of carbonyl (C=O) groups is 20. The number of primary amides is 1. The Balaban J connectivity index is 1.42. The zero-order valence-corrected chi connectivity index (χ0v) is 69.6. The van der Waals surface area contributed by atoms with Crippen LogP contribution >= 0.6 is 0 Å². The maximum Gasteiger partial charge on any atom is 0.329 e. The molecule has 1 aliphatic rings. The molecule has 24 N–H and O–H groups in total. The van der Waals surface area contributed by atoms with Crippen LogP contribution in [0.2, 0.25) is 0 Å². The number of carboxylic acid groups (broad SMARTS) is 4. The Kier molecular flexibility index (Phi) is 40.4. The number of fused-ring (bicyclic) bond motifs is 2. The topological polar surface area (TPSA) is 701 Å². The SMILES string of the molecule is CCCCCCCCCC(=O)NC(Cc1c[nH]c2ccccc12)C(=O)NC(CC(N)=O)C(=O)NC(CC(=O)O)C(=O)NC1C(=O)NCC(=O)NC(CCCNCc2ccc3ccccc3n2)C(=O)NC(CC(=O)O)C(=O)NC(C)C(=O)NC(CC(=O)O)C(=O)NCC(=O)NC(CO)C(=O)NC(C(C)CC(=O)O)C(=O)NC(CC(=O)c2ccccc2N)C(=O)OC1C. The normalized spacial score (nSPS) is 20.4. The van der Waals surface area contributed by atoms with E-state index >= 15 is 4.79 Å². The highest BCUT2D eigenvalue weighted by Crippen LogP contribution is 2.22. The van der Waals surface area contributed by atoms with Gasteiger partial charge in [-0.15, -0.1) is 0 Å². The molecule has 44 nitrogen and oxygen atoms in total. The second kappa shape index (κ2) is 50.5. The summed E-state index contributed by atoms with van der Waals surface area (Å²) < 4.78 is 5.75. The first-order chi connectivity index (χ1) is 59.8. The fourth-order valence-electron chi connectivity index (χ4n) is 13.3. The number of aliphatic carboxylic acids is 4. The third-order valence-electron chi connectivity index (χ3n) is 20.0. The van der Waals surface area contributed by atoms with Crippen molar-refractivity contribution in [2.75, 3.05) is 32.0 Å². The van der Waals surface area contributed by atoms with E-state index in [-0.39, 0.29) is 50.0 Å². The number of hydrogen-bond acceptors (Lipinski definition) is 25. The molecular weight excluding hydrogens is 1650 g/mol. The van der Waals surface area contributed by atoms with Crippen LogP contribution in [0.5, 0.6) is 0 Å². The van der Waals surface area contributed by atoms with Gasteiger partial charge in [0, 0.05) is 59.5 Å². The maximum atomic E-state index is 15.0. The van der Waals surface area contributed by atoms with Crippen LogP contribution in [0.1, 0.15) is 152 Å². The number of aromatic amines is 1. The summed E-state index contributed by atoms with van der Waals surface area (Å²) in [6.07, 6.45) is -2.34. The van der Waals surface area contributed by atoms with Crippen LogP contribution in [-0.2, 0) is 109 Å². The van der Waals surface area contributed by atoms with Crippen molar-refractivity contribution >= 4 is 146 Å². The van der Waals surface area contributed by atoms with E-state index < -0.39 is 255 Å². The minimum Gasteiger partial charge on any atom is -0.481 e. The number of nitrogens with two attached hydrogens (primary N) is 2. The molecule has 3 heterocycles. The molecule has 0 saturated carbocycles. The summed E-state index contributed by atoms with van der Waals surface area (Å²) in [5, 5.41) is 83.7. The molecule has 1 saturated heterocycles. The fourth-order valence-corrected chi connectivity index (χ4v) is 13.3. The van der Waals surface area contributed by atoms with Crippen molar-refractivity contribution in [2.24, 2.45) is 11.7 Å². The third kappa shape index (κ3) is 33.3. The molecule has 0 radical (unpaired) electrons. The van der Waals surface area contributed by atoms with E-state index in [2.05, 4.69) is 80.7 Å². The first kappa shape index (κ1) is 101. The monoisotopic (exact) mass is 1760 g/mol. The molecule has 3 aromatic carbocycles. The van der Waals surface area contributed by atoms with Gasteiger partial charge in [0.05, 0.1) is 63.0 Å². The molecule has 1 fully saturated rings. The van der Waals surface area contributed by atoms with Crippen LogP contribution < -0.4 is 85.9 Å². The number of rotatable bonds is 38. The molecule has 13 atom stereocenters. The number of pyridine rings is 1. The first-order valence-electron chi connectivity index (χ1n) is 40.7. The molecule has 0 bridgehead atoms. The van der Waals surface area contributed by atoms with Gasteiger partial charge in [0.15, 0.2) is 5.78 Å². The number of H-pyrrole nitrogens is 1. The Labute approximate surface area is 721 Å². The number of benzene rings is 3. The lowest BCUT2D eigenvalue weighted by Gasteiger charge is -2.30. The predicted octanol–water partition coefficient (Wildman–Crippen LogP) is -3.24. The second-order valence-electron chi connectivity index (χ2n) is 30.1. The van der Waals surface area contributed by atoms with E-state index in [1.807, 2.05) is 28.8 Å². The highest BCUT2D eigenvalue weighted by Gasteiger charge is 2.41. The summed E-state index contributed by atoms with van der Waals surface area (Å²) in [6.45, 7) is 1.51. The number of unbranched alkanes of at least 4 members (excludes halogenated alkanes) is 6. The number of carbonyl (C=O) groups excluding carboxylic acids is 16. The van der Waals surface area contributed by atoms with E-state index in [1.165, 1.54) is 24.3 Å². The zero-order valence-electron chi connectivity index (χ0n) is 69.6. The molecule has 1 aliphatic heterocycles. The number of amides is 14. The van der Waals surface area contributed by atoms with E-state index in [1.54, 1.807) is 48.7 Å². The Morgan fingerprint density at radius 3 is 1.77 bits per heavy atom. The number of aromatic nitrogens is 2. The summed E-state index contributed by atoms with van der Waals surface area (Å²) in [6, 6.07) is 0.113. The molecule has 5 aromatic rings. The molecule has 682 valence electrons. The second-order valence-corrected chi connectivity index (χ2v) is 30.1. The average Bonchev–Trinajstić information content (AvgIpc) is 1.60. The first-order valence-corrected chi connectivity index (χ1v) is 40.7. The zero-order chi connectivity index (χ0) is 92.9. The van der Waals surface area contributed by atoms with Crippen molar-refractivity contribution < 1.29 is 126 Å². The number of hydrogen-bond donors (Lipinski definition) is 22. The van der Waals surface area contributed by atoms with Gasteiger partial charge in [-0.05, 0) is 81.5 Å². The van der Waals surface area contributed by atoms with Gasteiger partial charge in [-0.25, -0.2) is 4.79 Å². The van der Waals surface area contributed by atoms with E-state index in [4.69, 9.17) is 16.2 Å². The lowest BCUT2D eigenvalue weighted by atomic mass is 9.96. The Bertz CT molecular complexity index is 4790. The Morgan fingerprint density at radius 1 is 0.548 bits per heavy atom. The number of para-hydroxylation sites is 3. The lowest BCUT2D eigenvalue weighted by Crippen LogP contribution is -2.62. The van der Waals surface area contributed by atoms with Crippen molar-refractivity contribution in [1.82, 2.24) is 84.4 Å². The summed E-state index contributed by atoms with van der Waals surface area (Å²) >= 11 is 0. The number of nitrogen functional groups attached to an aromatic ring is 1. The molecule has 44 heteroatoms. The largest absolute Gasteiger partial charge is 0.481 e. The van der Waals surface area contributed by atoms with Crippen LogP contribution in [0.25, 0.3) is 21.8 Å². The van der Waals surface area contributed by atoms with Gasteiger partial charge >= 0.3 is 29.8 Å². The van der Waals surface area contributed by atoms with Gasteiger partial charge in [0.2, 0.25) is 82.7 Å². The van der Waals surface area contributed by atoms with E-state index in [9.17, 15) is 117 Å². The van der Waals surface area contributed by atoms with E-state index in [0.29, 0.717) is 40.5 Å². The number of cyclic esters (lactones) is 1. The summed E-state index contributed by atoms with van der Waals surface area (Å²) in [5.41, 5.74) is 13.7. The number of Topliss-reactive ketones (excluding diaryl/α,β-unsaturated/α-hetero) is 1. The highest BCUT2D eigenvalue weighted by molar-refractivity contribution is 6.05. The third-order valence-corrected chi connectivity index (χ3v) is 20.0. The van der Waals surface area contributed by atoms with Crippen LogP contribution in [0, 0.1) is 5.92 Å². The standard InChI is InChI=1S/C82H108N18O26/c1-5-6-7-8-9-10-11-26-63(104)92-54(31-46-37-86-52-24-17-14-20-48(46)52)76(119)95-55(33-62(84)103)77(120)97-58(36-69(113)114)78(121)100-71-44(4)126-82(125)59(32-61(102)49-21-13-15-22-50(49)83)98-81(124)70(42(2)30-66(107)108)99-79(122)60(41-101)93-65(106)39-87-73(116)56(34-67(109)110)94-72(115)43(3)89-75(118)57(35-68(111)112)96-74(117)53(91-64(105)40-88-80(71)123)25-18-29-85-38-47-28-27-45-19-12-16-23-51(45)90-47/h12-17,19-24,27-28,37,42-44,53-60,70-71,85-86,101H,5-11,18,25-26,29-36,38-41,83H2,1-4H3,(H2,84,103)(H,87,116)(H,88,123)(H,89,118)(H,91,105)(H,92,104)(H,93,106)(H,94,115)(H,95,119)(H,96,117)(H,97,120)(H,98,124)(H,99,122)(H,100,121)(H,107,108)(H,109,110)(H,111,112)(H,113,114). The number of ether oxygens (including phenoxy) is 1. The number of ketones is 1. The number of nitrogens with one attached hydrogen (secondary N) is 15. The van der Waals surface area contributed by atoms with Gasteiger partial charge in [-0.2, -0.15) is 0 Å². The summed E-state index contributed by atoms with van der Waals surface area (Å²) in [5.74, 6) is -29.8. The number of anilines is 1. The smallest absolute Gasteiger partial charge is 0.329 e. The van der Waals surface area contributed by atoms with Crippen LogP contribution in [0.3, 0.4) is 0 Å². The lowest BCUT2D eigenvalue weighted by molar-refractivity contribution is -0.156. The van der Waals surface area contributed by atoms with Crippen LogP contribution in [-0.4, -0.2) is 253 Å². The quantitative estimate of drug-likeness (QED) is 0.00799. The van der Waals surface area contributed by atoms with Crippen LogP contribution in [0.4, 0.5) is 5.69 Å². The van der Waals surface area contributed by atoms with Crippen molar-refractivity contribution in [3.63, 3.8) is 0 Å². The van der Waals surface area contributed by atoms with Crippen LogP contribution in [0.15, 0.2) is 91.1 Å². The number of aliphatic hydroxyl groups is 1. The van der Waals surface area contributed by atoms with Crippen molar-refractivity contribution in [3.05, 3.63) is 108 Å². The molecule has 126 heavy (non-hydrogen) atoms. The van der Waals surface area contributed by atoms with Gasteiger partial charge in [-0.1, -0.05) is 107 Å². The molecule has 13 unspecified atom stereocenters. The molecule has 14 amide bonds. The number of esters is 1. The molecule has 0 aliphatic carbocycles. The van der Waals surface area contributed by atoms with E-state index in [0.717, 1.165) is 58.3 Å². The average molecular weight is 1760 g/mol. The molecular formula is C82H108N18O26. The molecule has 6 rings (SSSR count). The van der Waals surface area contributed by atoms with Gasteiger partial charge in [0.25, 0.3) is 0 Å². The number of aliphatic hydroxyl groups excluding tert-OH is 1. The number of nitrogens with zero attached hydrogens (tertiary/aromatic N) is 1. The number of carboxylic acids is 4. The Morgan fingerprint density at radius 2 is 1.12 bits per heavy atom. The van der Waals surface area contributed by atoms with Crippen molar-refractivity contribution in [3.8, 4) is 0 Å². The van der Waals surface area contributed by atoms with Gasteiger partial charge < -0.3 is 121 Å². The predicted molar refractivity (Wildman–Crippen MR) is 445 cm³/mol. The highest BCUT2D eigenvalue weighted by atomic mass is 16.5. The Hall–Kier alpha value is -14.1. The summed E-state index contributed by atoms with van der Waals surface area (Å²) in [7, 11) is 0. The van der Waals surface area contributed by atoms with Crippen molar-refractivity contribution in [1.29, 1.82) is 0 Å². The van der Waals surface area contributed by atoms with Crippen molar-refractivity contribution in [2.45, 2.75) is 216 Å². The summed E-state index contributed by atoms with van der Waals surface area (Å²) in [4.78, 5) is 284. The minimum absolute atomic E-state index is 0.0225. The minimum atomic E-state index is -2.47. The maximum absolute atomic E-state index is 15.0.